The number of ether oxygens (including phenoxy) is 3. The van der Waals surface area contributed by atoms with E-state index in [1.807, 2.05) is 13.8 Å². The van der Waals surface area contributed by atoms with Crippen LogP contribution in [0, 0.1) is 11.3 Å². The van der Waals surface area contributed by atoms with E-state index in [-0.39, 0.29) is 18.4 Å². The van der Waals surface area contributed by atoms with Gasteiger partial charge in [-0.25, -0.2) is 0 Å². The number of carbonyl (C=O) groups is 2. The zero-order valence-electron chi connectivity index (χ0n) is 17.1. The van der Waals surface area contributed by atoms with E-state index < -0.39 is 11.3 Å². The number of hydrogen-bond acceptors (Lipinski definition) is 6. The standard InChI is InChI=1S/C24H22O6/c1-5-24(2,3)20(21(25)14-6-8-18-19(12-14)30-13-29-18)22(26)16-7-9-17-15(10-11-28-17)23(16)27-4/h5-12,20H,1,13H2,2-4H3. The summed E-state index contributed by atoms with van der Waals surface area (Å²) >= 11 is 0. The molecular formula is C24H22O6. The third-order valence-electron chi connectivity index (χ3n) is 5.51. The van der Waals surface area contributed by atoms with Gasteiger partial charge in [-0.15, -0.1) is 6.58 Å². The second-order valence-corrected chi connectivity index (χ2v) is 7.73. The maximum atomic E-state index is 13.7. The highest BCUT2D eigenvalue weighted by Crippen LogP contribution is 2.40. The Morgan fingerprint density at radius 2 is 1.87 bits per heavy atom. The smallest absolute Gasteiger partial charge is 0.231 e. The summed E-state index contributed by atoms with van der Waals surface area (Å²) in [5.41, 5.74) is 0.488. The predicted octanol–water partition coefficient (Wildman–Crippen LogP) is 5.06. The van der Waals surface area contributed by atoms with Crippen LogP contribution >= 0.6 is 0 Å². The second-order valence-electron chi connectivity index (χ2n) is 7.73. The maximum absolute atomic E-state index is 13.7. The van der Waals surface area contributed by atoms with E-state index in [0.717, 1.165) is 0 Å². The van der Waals surface area contributed by atoms with Crippen molar-refractivity contribution in [3.63, 3.8) is 0 Å². The lowest BCUT2D eigenvalue weighted by Crippen LogP contribution is -2.36. The molecule has 1 aliphatic rings. The molecule has 0 amide bonds. The van der Waals surface area contributed by atoms with Crippen LogP contribution in [0.25, 0.3) is 11.0 Å². The van der Waals surface area contributed by atoms with Crippen molar-refractivity contribution >= 4 is 22.5 Å². The number of ketones is 2. The van der Waals surface area contributed by atoms with Crippen LogP contribution in [-0.2, 0) is 0 Å². The topological polar surface area (TPSA) is 75.0 Å². The van der Waals surface area contributed by atoms with Crippen molar-refractivity contribution in [3.8, 4) is 17.2 Å². The molecule has 1 atom stereocenters. The van der Waals surface area contributed by atoms with Gasteiger partial charge in [-0.3, -0.25) is 9.59 Å². The minimum atomic E-state index is -1.01. The summed E-state index contributed by atoms with van der Waals surface area (Å²) in [7, 11) is 1.49. The van der Waals surface area contributed by atoms with Crippen molar-refractivity contribution in [1.29, 1.82) is 0 Å². The van der Waals surface area contributed by atoms with Gasteiger partial charge < -0.3 is 18.6 Å². The molecule has 154 valence electrons. The van der Waals surface area contributed by atoms with Crippen molar-refractivity contribution in [2.75, 3.05) is 13.9 Å². The number of allylic oxidation sites excluding steroid dienone is 1. The zero-order chi connectivity index (χ0) is 21.5. The first-order chi connectivity index (χ1) is 14.4. The molecule has 1 aromatic heterocycles. The molecule has 2 heterocycles. The van der Waals surface area contributed by atoms with Crippen LogP contribution in [0.1, 0.15) is 34.6 Å². The average molecular weight is 406 g/mol. The van der Waals surface area contributed by atoms with Crippen molar-refractivity contribution in [1.82, 2.24) is 0 Å². The first kappa shape index (κ1) is 19.8. The Hall–Kier alpha value is -3.54. The summed E-state index contributed by atoms with van der Waals surface area (Å²) in [6.45, 7) is 7.59. The highest BCUT2D eigenvalue weighted by Gasteiger charge is 2.41. The monoisotopic (exact) mass is 406 g/mol. The molecule has 4 rings (SSSR count). The van der Waals surface area contributed by atoms with Crippen molar-refractivity contribution in [2.45, 2.75) is 13.8 Å². The Morgan fingerprint density at radius 3 is 2.60 bits per heavy atom. The van der Waals surface area contributed by atoms with E-state index in [0.29, 0.717) is 39.3 Å². The number of methoxy groups -OCH3 is 1. The molecule has 30 heavy (non-hydrogen) atoms. The quantitative estimate of drug-likeness (QED) is 0.310. The number of benzene rings is 2. The lowest BCUT2D eigenvalue weighted by atomic mass is 9.71. The predicted molar refractivity (Wildman–Crippen MR) is 111 cm³/mol. The SMILES string of the molecule is C=CC(C)(C)C(C(=O)c1ccc2c(c1)OCO2)C(=O)c1ccc2occc2c1OC. The Morgan fingerprint density at radius 1 is 1.10 bits per heavy atom. The van der Waals surface area contributed by atoms with E-state index in [2.05, 4.69) is 6.58 Å². The van der Waals surface area contributed by atoms with Crippen LogP contribution in [-0.4, -0.2) is 25.5 Å². The summed E-state index contributed by atoms with van der Waals surface area (Å²) in [6, 6.07) is 10.0. The van der Waals surface area contributed by atoms with Crippen LogP contribution < -0.4 is 14.2 Å². The first-order valence-corrected chi connectivity index (χ1v) is 9.53. The van der Waals surface area contributed by atoms with Gasteiger partial charge in [0.05, 0.1) is 30.2 Å². The summed E-state index contributed by atoms with van der Waals surface area (Å²) in [6.07, 6.45) is 3.16. The molecule has 0 spiro atoms. The zero-order valence-corrected chi connectivity index (χ0v) is 17.1. The number of carbonyl (C=O) groups excluding carboxylic acids is 2. The van der Waals surface area contributed by atoms with Gasteiger partial charge in [0.25, 0.3) is 0 Å². The Labute approximate surface area is 174 Å². The summed E-state index contributed by atoms with van der Waals surface area (Å²) in [4.78, 5) is 27.3. The van der Waals surface area contributed by atoms with Crippen LogP contribution in [0.5, 0.6) is 17.2 Å². The fraction of sp³-hybridized carbons (Fsp3) is 0.250. The third kappa shape index (κ3) is 3.14. The largest absolute Gasteiger partial charge is 0.495 e. The van der Waals surface area contributed by atoms with E-state index in [1.54, 1.807) is 42.5 Å². The number of Topliss-reactive ketones (excluding diaryl/α,β-unsaturated/α-hetero) is 2. The van der Waals surface area contributed by atoms with Crippen molar-refractivity contribution < 1.29 is 28.2 Å². The number of rotatable bonds is 7. The second kappa shape index (κ2) is 7.37. The molecule has 1 aliphatic heterocycles. The summed E-state index contributed by atoms with van der Waals surface area (Å²) in [5, 5.41) is 0.675. The molecule has 0 aliphatic carbocycles. The molecule has 6 heteroatoms. The molecule has 0 bridgehead atoms. The van der Waals surface area contributed by atoms with Gasteiger partial charge in [0.2, 0.25) is 6.79 Å². The first-order valence-electron chi connectivity index (χ1n) is 9.53. The minimum absolute atomic E-state index is 0.107. The van der Waals surface area contributed by atoms with Crippen LogP contribution in [0.4, 0.5) is 0 Å². The number of hydrogen-bond donors (Lipinski definition) is 0. The van der Waals surface area contributed by atoms with Crippen LogP contribution in [0.3, 0.4) is 0 Å². The lowest BCUT2D eigenvalue weighted by molar-refractivity contribution is 0.0718. The lowest BCUT2D eigenvalue weighted by Gasteiger charge is -2.29. The Balaban J connectivity index is 1.81. The Kier molecular flexibility index (Phi) is 4.86. The molecule has 0 saturated heterocycles. The van der Waals surface area contributed by atoms with E-state index in [9.17, 15) is 9.59 Å². The van der Waals surface area contributed by atoms with Crippen molar-refractivity contribution in [3.05, 3.63) is 66.4 Å². The summed E-state index contributed by atoms with van der Waals surface area (Å²) in [5.74, 6) is -0.228. The fourth-order valence-corrected chi connectivity index (χ4v) is 3.72. The molecule has 6 nitrogen and oxygen atoms in total. The molecule has 3 aromatic rings. The van der Waals surface area contributed by atoms with Gasteiger partial charge in [-0.2, -0.15) is 0 Å². The summed E-state index contributed by atoms with van der Waals surface area (Å²) < 4.78 is 21.6. The van der Waals surface area contributed by atoms with E-state index in [4.69, 9.17) is 18.6 Å². The normalized spacial score (nSPS) is 13.8. The van der Waals surface area contributed by atoms with Gasteiger partial charge in [0, 0.05) is 5.56 Å². The van der Waals surface area contributed by atoms with Gasteiger partial charge in [-0.1, -0.05) is 19.9 Å². The van der Waals surface area contributed by atoms with Gasteiger partial charge in [0.15, 0.2) is 23.1 Å². The molecule has 0 N–H and O–H groups in total. The molecular weight excluding hydrogens is 384 g/mol. The molecule has 0 saturated carbocycles. The highest BCUT2D eigenvalue weighted by molar-refractivity contribution is 6.19. The molecule has 0 fully saturated rings. The molecule has 1 unspecified atom stereocenters. The van der Waals surface area contributed by atoms with Crippen LogP contribution in [0.15, 0.2) is 59.7 Å². The van der Waals surface area contributed by atoms with Crippen molar-refractivity contribution in [2.24, 2.45) is 11.3 Å². The van der Waals surface area contributed by atoms with Gasteiger partial charge in [0.1, 0.15) is 11.3 Å². The van der Waals surface area contributed by atoms with Gasteiger partial charge in [-0.05, 0) is 41.8 Å². The number of fused-ring (bicyclic) bond motifs is 2. The fourth-order valence-electron chi connectivity index (χ4n) is 3.72. The highest BCUT2D eigenvalue weighted by atomic mass is 16.7. The Bertz CT molecular complexity index is 1150. The number of furan rings is 1. The minimum Gasteiger partial charge on any atom is -0.495 e. The molecule has 2 aromatic carbocycles. The third-order valence-corrected chi connectivity index (χ3v) is 5.51. The van der Waals surface area contributed by atoms with Crippen LogP contribution in [0.2, 0.25) is 0 Å². The van der Waals surface area contributed by atoms with E-state index in [1.165, 1.54) is 13.4 Å². The molecule has 0 radical (unpaired) electrons. The van der Waals surface area contributed by atoms with E-state index >= 15 is 0 Å². The average Bonchev–Trinajstić information content (AvgIpc) is 3.41. The maximum Gasteiger partial charge on any atom is 0.231 e. The van der Waals surface area contributed by atoms with Gasteiger partial charge >= 0.3 is 0 Å².